The van der Waals surface area contributed by atoms with Gasteiger partial charge in [0.15, 0.2) is 0 Å². The van der Waals surface area contributed by atoms with Gasteiger partial charge in [-0.1, -0.05) is 13.3 Å². The molecule has 96 valence electrons. The van der Waals surface area contributed by atoms with Crippen molar-refractivity contribution in [3.63, 3.8) is 0 Å². The van der Waals surface area contributed by atoms with E-state index < -0.39 is 30.7 Å². The zero-order chi connectivity index (χ0) is 12.2. The van der Waals surface area contributed by atoms with Crippen LogP contribution in [0, 0.1) is 0 Å². The van der Waals surface area contributed by atoms with E-state index in [1.54, 1.807) is 0 Å². The van der Waals surface area contributed by atoms with Gasteiger partial charge in [0.25, 0.3) is 0 Å². The van der Waals surface area contributed by atoms with E-state index >= 15 is 0 Å². The summed E-state index contributed by atoms with van der Waals surface area (Å²) in [5, 5.41) is 37.7. The van der Waals surface area contributed by atoms with E-state index in [1.807, 2.05) is 6.92 Å². The summed E-state index contributed by atoms with van der Waals surface area (Å²) < 4.78 is 10.4. The van der Waals surface area contributed by atoms with E-state index in [-0.39, 0.29) is 6.61 Å². The van der Waals surface area contributed by atoms with Crippen LogP contribution in [0.25, 0.3) is 0 Å². The van der Waals surface area contributed by atoms with Crippen LogP contribution in [0.1, 0.15) is 19.8 Å². The van der Waals surface area contributed by atoms with Gasteiger partial charge in [0.05, 0.1) is 13.2 Å². The molecule has 1 fully saturated rings. The minimum absolute atomic E-state index is 0.176. The number of ether oxygens (including phenoxy) is 2. The van der Waals surface area contributed by atoms with Crippen LogP contribution in [0.2, 0.25) is 0 Å². The first kappa shape index (κ1) is 13.8. The minimum Gasteiger partial charge on any atom is -0.391 e. The molecule has 0 saturated carbocycles. The molecule has 16 heavy (non-hydrogen) atoms. The molecule has 0 aromatic carbocycles. The number of unbranched alkanes of at least 4 members (excludes halogenated alkanes) is 1. The minimum atomic E-state index is -1.62. The van der Waals surface area contributed by atoms with Gasteiger partial charge in [0, 0.05) is 0 Å². The average Bonchev–Trinajstić information content (AvgIpc) is 2.30. The number of aliphatic hydroxyl groups excluding tert-OH is 4. The molecule has 0 amide bonds. The average molecular weight is 236 g/mol. The second-order valence-electron chi connectivity index (χ2n) is 3.99. The molecule has 0 aromatic rings. The Hall–Kier alpha value is -0.240. The van der Waals surface area contributed by atoms with Gasteiger partial charge in [0.2, 0.25) is 5.79 Å². The van der Waals surface area contributed by atoms with Crippen LogP contribution in [0.15, 0.2) is 0 Å². The van der Waals surface area contributed by atoms with E-state index in [9.17, 15) is 20.4 Å². The highest BCUT2D eigenvalue weighted by Gasteiger charge is 2.50. The Balaban J connectivity index is 2.63. The quantitative estimate of drug-likeness (QED) is 0.438. The molecule has 1 rings (SSSR count). The van der Waals surface area contributed by atoms with Crippen molar-refractivity contribution in [3.05, 3.63) is 0 Å². The van der Waals surface area contributed by atoms with Crippen molar-refractivity contribution >= 4 is 0 Å². The molecule has 3 unspecified atom stereocenters. The molecule has 0 radical (unpaired) electrons. The molecule has 0 spiro atoms. The van der Waals surface area contributed by atoms with Crippen molar-refractivity contribution in [2.24, 2.45) is 0 Å². The van der Waals surface area contributed by atoms with E-state index in [1.165, 1.54) is 0 Å². The van der Waals surface area contributed by atoms with E-state index in [0.29, 0.717) is 6.61 Å². The molecule has 0 bridgehead atoms. The van der Waals surface area contributed by atoms with Crippen molar-refractivity contribution in [2.45, 2.75) is 43.9 Å². The van der Waals surface area contributed by atoms with Gasteiger partial charge in [-0.05, 0) is 6.42 Å². The molecular formula is C10H20O6. The smallest absolute Gasteiger partial charge is 0.221 e. The van der Waals surface area contributed by atoms with Crippen molar-refractivity contribution in [1.82, 2.24) is 0 Å². The normalized spacial score (nSPS) is 39.9. The fourth-order valence-corrected chi connectivity index (χ4v) is 1.58. The summed E-state index contributed by atoms with van der Waals surface area (Å²) in [4.78, 5) is 0. The second kappa shape index (κ2) is 5.90. The Morgan fingerprint density at radius 1 is 1.38 bits per heavy atom. The molecule has 1 saturated heterocycles. The third-order valence-electron chi connectivity index (χ3n) is 2.73. The van der Waals surface area contributed by atoms with E-state index in [0.717, 1.165) is 12.8 Å². The maximum atomic E-state index is 9.74. The first-order valence-electron chi connectivity index (χ1n) is 5.50. The van der Waals surface area contributed by atoms with Crippen LogP contribution >= 0.6 is 0 Å². The van der Waals surface area contributed by atoms with Crippen LogP contribution in [0.4, 0.5) is 0 Å². The van der Waals surface area contributed by atoms with Crippen LogP contribution in [0.3, 0.4) is 0 Å². The summed E-state index contributed by atoms with van der Waals surface area (Å²) in [6.45, 7) is 1.55. The predicted molar refractivity (Wildman–Crippen MR) is 54.6 cm³/mol. The molecule has 0 aliphatic carbocycles. The summed E-state index contributed by atoms with van der Waals surface area (Å²) in [6.07, 6.45) is -2.33. The Morgan fingerprint density at radius 2 is 2.06 bits per heavy atom. The van der Waals surface area contributed by atoms with Gasteiger partial charge in [0.1, 0.15) is 24.9 Å². The van der Waals surface area contributed by atoms with Crippen molar-refractivity contribution in [2.75, 3.05) is 19.8 Å². The lowest BCUT2D eigenvalue weighted by atomic mass is 9.97. The lowest BCUT2D eigenvalue weighted by Crippen LogP contribution is -2.63. The monoisotopic (exact) mass is 236 g/mol. The van der Waals surface area contributed by atoms with Gasteiger partial charge in [-0.2, -0.15) is 0 Å². The van der Waals surface area contributed by atoms with Crippen LogP contribution < -0.4 is 0 Å². The highest BCUT2D eigenvalue weighted by molar-refractivity contribution is 4.92. The van der Waals surface area contributed by atoms with Crippen molar-refractivity contribution < 1.29 is 29.9 Å². The Morgan fingerprint density at radius 3 is 2.62 bits per heavy atom. The highest BCUT2D eigenvalue weighted by Crippen LogP contribution is 2.27. The van der Waals surface area contributed by atoms with Crippen molar-refractivity contribution in [3.8, 4) is 0 Å². The SMILES string of the molecule is CCCCO[C@]1(CO)OCC(O)C(O)C1O. The van der Waals surface area contributed by atoms with E-state index in [2.05, 4.69) is 0 Å². The molecule has 6 heteroatoms. The van der Waals surface area contributed by atoms with Gasteiger partial charge in [-0.15, -0.1) is 0 Å². The predicted octanol–water partition coefficient (Wildman–Crippen LogP) is -1.40. The molecule has 1 aliphatic heterocycles. The third-order valence-corrected chi connectivity index (χ3v) is 2.73. The molecule has 0 aromatic heterocycles. The summed E-state index contributed by atoms with van der Waals surface area (Å²) in [5.74, 6) is -1.62. The molecule has 4 atom stereocenters. The summed E-state index contributed by atoms with van der Waals surface area (Å²) in [5.41, 5.74) is 0. The van der Waals surface area contributed by atoms with Gasteiger partial charge in [-0.25, -0.2) is 0 Å². The van der Waals surface area contributed by atoms with Gasteiger partial charge < -0.3 is 29.9 Å². The first-order chi connectivity index (χ1) is 7.57. The Bertz CT molecular complexity index is 211. The number of hydrogen-bond donors (Lipinski definition) is 4. The van der Waals surface area contributed by atoms with Crippen LogP contribution in [-0.4, -0.2) is 64.3 Å². The number of hydrogen-bond acceptors (Lipinski definition) is 6. The third kappa shape index (κ3) is 2.71. The molecule has 1 heterocycles. The molecule has 4 N–H and O–H groups in total. The van der Waals surface area contributed by atoms with Crippen LogP contribution in [-0.2, 0) is 9.47 Å². The highest BCUT2D eigenvalue weighted by atomic mass is 16.7. The first-order valence-corrected chi connectivity index (χ1v) is 5.50. The van der Waals surface area contributed by atoms with Crippen LogP contribution in [0.5, 0.6) is 0 Å². The standard InChI is InChI=1S/C10H20O6/c1-2-3-4-15-10(6-11)9(14)8(13)7(12)5-16-10/h7-9,11-14H,2-6H2,1H3/t7?,8?,9?,10-/m1/s1. The summed E-state index contributed by atoms with van der Waals surface area (Å²) >= 11 is 0. The Kier molecular flexibility index (Phi) is 5.10. The zero-order valence-electron chi connectivity index (χ0n) is 9.37. The fourth-order valence-electron chi connectivity index (χ4n) is 1.58. The maximum absolute atomic E-state index is 9.74. The van der Waals surface area contributed by atoms with E-state index in [4.69, 9.17) is 9.47 Å². The summed E-state index contributed by atoms with van der Waals surface area (Å²) in [7, 11) is 0. The second-order valence-corrected chi connectivity index (χ2v) is 3.99. The Labute approximate surface area is 94.4 Å². The topological polar surface area (TPSA) is 99.4 Å². The largest absolute Gasteiger partial charge is 0.391 e. The molecule has 1 aliphatic rings. The van der Waals surface area contributed by atoms with Gasteiger partial charge in [-0.3, -0.25) is 0 Å². The van der Waals surface area contributed by atoms with Gasteiger partial charge >= 0.3 is 0 Å². The zero-order valence-corrected chi connectivity index (χ0v) is 9.37. The summed E-state index contributed by atoms with van der Waals surface area (Å²) in [6, 6.07) is 0. The molecular weight excluding hydrogens is 216 g/mol. The lowest BCUT2D eigenvalue weighted by Gasteiger charge is -2.43. The number of aliphatic hydroxyl groups is 4. The lowest BCUT2D eigenvalue weighted by molar-refractivity contribution is -0.348. The number of rotatable bonds is 5. The fraction of sp³-hybridized carbons (Fsp3) is 1.00. The maximum Gasteiger partial charge on any atom is 0.221 e. The molecule has 6 nitrogen and oxygen atoms in total. The van der Waals surface area contributed by atoms with Crippen molar-refractivity contribution in [1.29, 1.82) is 0 Å².